The Kier molecular flexibility index (Phi) is 3.41. The van der Waals surface area contributed by atoms with Crippen LogP contribution < -0.4 is 5.32 Å². The van der Waals surface area contributed by atoms with Crippen molar-refractivity contribution in [2.24, 2.45) is 5.92 Å². The molecule has 0 aromatic heterocycles. The highest BCUT2D eigenvalue weighted by Crippen LogP contribution is 2.31. The fourth-order valence-electron chi connectivity index (χ4n) is 3.04. The molecule has 0 radical (unpaired) electrons. The maximum absolute atomic E-state index is 12.6. The summed E-state index contributed by atoms with van der Waals surface area (Å²) in [6.45, 7) is 1.14. The zero-order chi connectivity index (χ0) is 14.3. The highest BCUT2D eigenvalue weighted by Gasteiger charge is 2.43. The van der Waals surface area contributed by atoms with E-state index in [9.17, 15) is 14.7 Å². The van der Waals surface area contributed by atoms with E-state index in [-0.39, 0.29) is 35.1 Å². The predicted molar refractivity (Wildman–Crippen MR) is 76.4 cm³/mol. The number of aromatic hydroxyl groups is 1. The summed E-state index contributed by atoms with van der Waals surface area (Å²) in [6, 6.07) is 4.75. The summed E-state index contributed by atoms with van der Waals surface area (Å²) in [5, 5.41) is 12.7. The van der Waals surface area contributed by atoms with Crippen LogP contribution in [-0.2, 0) is 4.79 Å². The van der Waals surface area contributed by atoms with Crippen molar-refractivity contribution in [3.8, 4) is 5.75 Å². The summed E-state index contributed by atoms with van der Waals surface area (Å²) in [6.07, 6.45) is 1.64. The van der Waals surface area contributed by atoms with Crippen LogP contribution in [0, 0.1) is 5.92 Å². The lowest BCUT2D eigenvalue weighted by atomic mass is 9.91. The number of rotatable bonds is 1. The van der Waals surface area contributed by atoms with E-state index in [1.807, 2.05) is 0 Å². The number of carbonyl (C=O) groups is 2. The highest BCUT2D eigenvalue weighted by molar-refractivity contribution is 9.10. The second-order valence-electron chi connectivity index (χ2n) is 5.22. The third kappa shape index (κ3) is 2.18. The Morgan fingerprint density at radius 1 is 1.45 bits per heavy atom. The Labute approximate surface area is 125 Å². The van der Waals surface area contributed by atoms with Gasteiger partial charge in [-0.1, -0.05) is 15.9 Å². The van der Waals surface area contributed by atoms with Gasteiger partial charge in [0.2, 0.25) is 5.91 Å². The molecule has 20 heavy (non-hydrogen) atoms. The first-order valence-electron chi connectivity index (χ1n) is 6.65. The fraction of sp³-hybridized carbons (Fsp3) is 0.429. The number of amides is 2. The molecule has 2 aliphatic heterocycles. The van der Waals surface area contributed by atoms with Gasteiger partial charge in [0, 0.05) is 17.6 Å². The third-order valence-electron chi connectivity index (χ3n) is 4.05. The maximum atomic E-state index is 12.6. The van der Waals surface area contributed by atoms with Gasteiger partial charge < -0.3 is 15.3 Å². The molecular weight excluding hydrogens is 324 g/mol. The van der Waals surface area contributed by atoms with Crippen molar-refractivity contribution in [3.05, 3.63) is 28.2 Å². The summed E-state index contributed by atoms with van der Waals surface area (Å²) in [5.41, 5.74) is 0.285. The van der Waals surface area contributed by atoms with Gasteiger partial charge in [0.1, 0.15) is 5.75 Å². The number of hydrogen-bond donors (Lipinski definition) is 2. The molecule has 2 heterocycles. The third-order valence-corrected chi connectivity index (χ3v) is 4.55. The molecule has 2 amide bonds. The van der Waals surface area contributed by atoms with E-state index < -0.39 is 0 Å². The van der Waals surface area contributed by atoms with E-state index in [4.69, 9.17) is 0 Å². The van der Waals surface area contributed by atoms with Gasteiger partial charge in [-0.3, -0.25) is 9.59 Å². The van der Waals surface area contributed by atoms with Crippen molar-refractivity contribution < 1.29 is 14.7 Å². The number of phenolic OH excluding ortho intramolecular Hbond substituents is 1. The number of halogens is 1. The van der Waals surface area contributed by atoms with E-state index >= 15 is 0 Å². The molecule has 3 rings (SSSR count). The molecule has 5 nitrogen and oxygen atoms in total. The van der Waals surface area contributed by atoms with Crippen molar-refractivity contribution >= 4 is 27.7 Å². The quantitative estimate of drug-likeness (QED) is 0.815. The van der Waals surface area contributed by atoms with Crippen LogP contribution in [0.4, 0.5) is 0 Å². The van der Waals surface area contributed by atoms with Gasteiger partial charge >= 0.3 is 0 Å². The number of piperidine rings is 1. The first-order valence-corrected chi connectivity index (χ1v) is 7.44. The summed E-state index contributed by atoms with van der Waals surface area (Å²) in [5.74, 6) is -0.317. The highest BCUT2D eigenvalue weighted by atomic mass is 79.9. The molecule has 2 saturated heterocycles. The van der Waals surface area contributed by atoms with Gasteiger partial charge in [0.05, 0.1) is 17.5 Å². The average Bonchev–Trinajstić information content (AvgIpc) is 2.80. The topological polar surface area (TPSA) is 69.6 Å². The Morgan fingerprint density at radius 3 is 3.00 bits per heavy atom. The van der Waals surface area contributed by atoms with E-state index in [2.05, 4.69) is 21.2 Å². The minimum Gasteiger partial charge on any atom is -0.507 e. The molecular formula is C14H15BrN2O3. The Balaban J connectivity index is 1.88. The largest absolute Gasteiger partial charge is 0.507 e. The predicted octanol–water partition coefficient (Wildman–Crippen LogP) is 1.51. The SMILES string of the molecule is O=C1NCC2C1CCCN2C(=O)c1ccc(Br)cc1O. The molecule has 2 unspecified atom stereocenters. The summed E-state index contributed by atoms with van der Waals surface area (Å²) >= 11 is 3.25. The Bertz CT molecular complexity index is 576. The Morgan fingerprint density at radius 2 is 2.25 bits per heavy atom. The van der Waals surface area contributed by atoms with E-state index in [1.54, 1.807) is 17.0 Å². The van der Waals surface area contributed by atoms with Gasteiger partial charge in [-0.05, 0) is 31.0 Å². The standard InChI is InChI=1S/C14H15BrN2O3/c15-8-3-4-10(12(18)6-8)14(20)17-5-1-2-9-11(17)7-16-13(9)19/h3-4,6,9,11,18H,1-2,5,7H2,(H,16,19). The van der Waals surface area contributed by atoms with Crippen LogP contribution >= 0.6 is 15.9 Å². The molecule has 6 heteroatoms. The molecule has 106 valence electrons. The number of carbonyl (C=O) groups excluding carboxylic acids is 2. The van der Waals surface area contributed by atoms with Gasteiger partial charge in [-0.2, -0.15) is 0 Å². The monoisotopic (exact) mass is 338 g/mol. The number of nitrogens with zero attached hydrogens (tertiary/aromatic N) is 1. The van der Waals surface area contributed by atoms with Crippen LogP contribution in [0.15, 0.2) is 22.7 Å². The van der Waals surface area contributed by atoms with Crippen LogP contribution in [0.3, 0.4) is 0 Å². The molecule has 2 atom stereocenters. The van der Waals surface area contributed by atoms with Crippen LogP contribution in [-0.4, -0.2) is 41.0 Å². The van der Waals surface area contributed by atoms with E-state index in [0.29, 0.717) is 13.1 Å². The van der Waals surface area contributed by atoms with Crippen molar-refractivity contribution in [1.82, 2.24) is 10.2 Å². The normalized spacial score (nSPS) is 25.2. The minimum absolute atomic E-state index is 0.0347. The lowest BCUT2D eigenvalue weighted by molar-refractivity contribution is -0.123. The number of likely N-dealkylation sites (tertiary alicyclic amines) is 1. The summed E-state index contributed by atoms with van der Waals surface area (Å²) in [4.78, 5) is 26.0. The number of hydrogen-bond acceptors (Lipinski definition) is 3. The first kappa shape index (κ1) is 13.4. The van der Waals surface area contributed by atoms with Gasteiger partial charge in [-0.15, -0.1) is 0 Å². The lowest BCUT2D eigenvalue weighted by Crippen LogP contribution is -2.48. The van der Waals surface area contributed by atoms with Crippen LogP contribution in [0.1, 0.15) is 23.2 Å². The molecule has 2 N–H and O–H groups in total. The number of nitrogens with one attached hydrogen (secondary N) is 1. The van der Waals surface area contributed by atoms with E-state index in [1.165, 1.54) is 6.07 Å². The zero-order valence-corrected chi connectivity index (χ0v) is 12.4. The van der Waals surface area contributed by atoms with E-state index in [0.717, 1.165) is 17.3 Å². The van der Waals surface area contributed by atoms with Crippen molar-refractivity contribution in [1.29, 1.82) is 0 Å². The zero-order valence-electron chi connectivity index (χ0n) is 10.8. The summed E-state index contributed by atoms with van der Waals surface area (Å²) in [7, 11) is 0. The average molecular weight is 339 g/mol. The molecule has 1 aromatic rings. The number of fused-ring (bicyclic) bond motifs is 1. The fourth-order valence-corrected chi connectivity index (χ4v) is 3.39. The molecule has 0 aliphatic carbocycles. The van der Waals surface area contributed by atoms with Crippen LogP contribution in [0.25, 0.3) is 0 Å². The second-order valence-corrected chi connectivity index (χ2v) is 6.14. The Hall–Kier alpha value is -1.56. The maximum Gasteiger partial charge on any atom is 0.257 e. The van der Waals surface area contributed by atoms with Gasteiger partial charge in [0.15, 0.2) is 0 Å². The first-order chi connectivity index (χ1) is 9.58. The van der Waals surface area contributed by atoms with Crippen LogP contribution in [0.2, 0.25) is 0 Å². The molecule has 2 aliphatic rings. The van der Waals surface area contributed by atoms with Crippen molar-refractivity contribution in [2.75, 3.05) is 13.1 Å². The molecule has 0 bridgehead atoms. The molecule has 2 fully saturated rings. The number of phenols is 1. The second kappa shape index (κ2) is 5.09. The molecule has 0 saturated carbocycles. The van der Waals surface area contributed by atoms with Crippen LogP contribution in [0.5, 0.6) is 5.75 Å². The molecule has 1 aromatic carbocycles. The lowest BCUT2D eigenvalue weighted by Gasteiger charge is -2.36. The number of benzene rings is 1. The summed E-state index contributed by atoms with van der Waals surface area (Å²) < 4.78 is 0.723. The molecule has 0 spiro atoms. The minimum atomic E-state index is -0.207. The van der Waals surface area contributed by atoms with Gasteiger partial charge in [0.25, 0.3) is 5.91 Å². The van der Waals surface area contributed by atoms with Crippen molar-refractivity contribution in [3.63, 3.8) is 0 Å². The smallest absolute Gasteiger partial charge is 0.257 e. The van der Waals surface area contributed by atoms with Crippen molar-refractivity contribution in [2.45, 2.75) is 18.9 Å². The van der Waals surface area contributed by atoms with Gasteiger partial charge in [-0.25, -0.2) is 0 Å².